The maximum atomic E-state index is 12.2. The number of nitrogens with one attached hydrogen (secondary N) is 1. The van der Waals surface area contributed by atoms with Gasteiger partial charge in [0, 0.05) is 13.0 Å². The molecule has 0 saturated carbocycles. The molecule has 1 aromatic heterocycles. The number of hydrogen-bond donors (Lipinski definition) is 2. The molecule has 0 unspecified atom stereocenters. The summed E-state index contributed by atoms with van der Waals surface area (Å²) in [5.41, 5.74) is 0.362. The first-order valence-electron chi connectivity index (χ1n) is 7.75. The van der Waals surface area contributed by atoms with E-state index in [0.717, 1.165) is 0 Å². The van der Waals surface area contributed by atoms with Crippen molar-refractivity contribution in [3.8, 4) is 0 Å². The van der Waals surface area contributed by atoms with Crippen LogP contribution < -0.4 is 10.9 Å². The highest BCUT2D eigenvalue weighted by Gasteiger charge is 2.14. The van der Waals surface area contributed by atoms with E-state index in [4.69, 9.17) is 0 Å². The smallest absolute Gasteiger partial charge is 0.277 e. The van der Waals surface area contributed by atoms with Crippen LogP contribution in [0, 0.1) is 5.92 Å². The summed E-state index contributed by atoms with van der Waals surface area (Å²) < 4.78 is 1.28. The summed E-state index contributed by atoms with van der Waals surface area (Å²) in [5, 5.41) is 20.4. The minimum atomic E-state index is -0.245. The molecule has 2 N–H and O–H groups in total. The van der Waals surface area contributed by atoms with E-state index in [0.29, 0.717) is 23.9 Å². The molecule has 1 amide bonds. The first-order valence-corrected chi connectivity index (χ1v) is 7.75. The molecule has 0 aliphatic carbocycles. The number of carbonyl (C=O) groups excluding carboxylic acids is 1. The summed E-state index contributed by atoms with van der Waals surface area (Å²) in [5.74, 6) is 0.0254. The number of aryl methyl sites for hydroxylation is 1. The number of benzene rings is 1. The van der Waals surface area contributed by atoms with Gasteiger partial charge in [0.05, 0.1) is 18.0 Å². The Morgan fingerprint density at radius 3 is 2.78 bits per heavy atom. The molecule has 0 spiro atoms. The topological polar surface area (TPSA) is 97.1 Å². The van der Waals surface area contributed by atoms with Crippen LogP contribution in [0.4, 0.5) is 0 Å². The van der Waals surface area contributed by atoms with E-state index in [2.05, 4.69) is 15.6 Å². The van der Waals surface area contributed by atoms with E-state index >= 15 is 0 Å². The monoisotopic (exact) mass is 318 g/mol. The van der Waals surface area contributed by atoms with Crippen LogP contribution >= 0.6 is 0 Å². The van der Waals surface area contributed by atoms with Crippen LogP contribution in [-0.4, -0.2) is 38.7 Å². The molecule has 7 nitrogen and oxygen atoms in total. The third-order valence-corrected chi connectivity index (χ3v) is 3.75. The normalized spacial score (nSPS) is 12.5. The van der Waals surface area contributed by atoms with Crippen molar-refractivity contribution >= 4 is 16.8 Å². The van der Waals surface area contributed by atoms with Gasteiger partial charge in [0.15, 0.2) is 0 Å². The number of aromatic nitrogens is 3. The summed E-state index contributed by atoms with van der Waals surface area (Å²) in [6.45, 7) is 4.12. The largest absolute Gasteiger partial charge is 0.394 e. The van der Waals surface area contributed by atoms with Gasteiger partial charge in [-0.2, -0.15) is 0 Å². The fourth-order valence-electron chi connectivity index (χ4n) is 2.26. The second kappa shape index (κ2) is 7.82. The number of hydrogen-bond acceptors (Lipinski definition) is 5. The average Bonchev–Trinajstić information content (AvgIpc) is 2.54. The highest BCUT2D eigenvalue weighted by molar-refractivity contribution is 5.77. The zero-order valence-electron chi connectivity index (χ0n) is 13.4. The van der Waals surface area contributed by atoms with Crippen molar-refractivity contribution in [2.24, 2.45) is 5.92 Å². The molecule has 1 atom stereocenters. The van der Waals surface area contributed by atoms with E-state index in [9.17, 15) is 14.7 Å². The number of rotatable bonds is 7. The van der Waals surface area contributed by atoms with Crippen LogP contribution in [0.15, 0.2) is 29.1 Å². The van der Waals surface area contributed by atoms with Crippen LogP contribution in [0.25, 0.3) is 10.9 Å². The van der Waals surface area contributed by atoms with Gasteiger partial charge in [-0.3, -0.25) is 9.59 Å². The summed E-state index contributed by atoms with van der Waals surface area (Å²) in [6, 6.07) is 6.79. The van der Waals surface area contributed by atoms with Crippen molar-refractivity contribution in [3.05, 3.63) is 34.6 Å². The zero-order valence-corrected chi connectivity index (χ0v) is 13.4. The fraction of sp³-hybridized carbons (Fsp3) is 0.500. The van der Waals surface area contributed by atoms with Crippen molar-refractivity contribution in [2.45, 2.75) is 39.3 Å². The lowest BCUT2D eigenvalue weighted by molar-refractivity contribution is -0.122. The lowest BCUT2D eigenvalue weighted by Crippen LogP contribution is -2.41. The maximum absolute atomic E-state index is 12.2. The maximum Gasteiger partial charge on any atom is 0.277 e. The highest BCUT2D eigenvalue weighted by Crippen LogP contribution is 2.04. The minimum Gasteiger partial charge on any atom is -0.394 e. The van der Waals surface area contributed by atoms with E-state index in [1.54, 1.807) is 24.3 Å². The lowest BCUT2D eigenvalue weighted by atomic mass is 10.1. The molecule has 124 valence electrons. The van der Waals surface area contributed by atoms with Crippen LogP contribution in [0.5, 0.6) is 0 Å². The molecule has 2 aromatic rings. The van der Waals surface area contributed by atoms with Gasteiger partial charge in [-0.15, -0.1) is 5.10 Å². The standard InChI is InChI=1S/C16H22N4O3/c1-11(2)14(10-21)17-15(22)8-5-9-20-16(23)12-6-3-4-7-13(12)18-19-20/h3-4,6-7,11,14,21H,5,8-10H2,1-2H3,(H,17,22)/t14-/m0/s1. The van der Waals surface area contributed by atoms with E-state index < -0.39 is 0 Å². The van der Waals surface area contributed by atoms with E-state index in [-0.39, 0.29) is 36.5 Å². The molecular formula is C16H22N4O3. The molecule has 0 aliphatic heterocycles. The quantitative estimate of drug-likeness (QED) is 0.783. The Morgan fingerprint density at radius 2 is 2.09 bits per heavy atom. The highest BCUT2D eigenvalue weighted by atomic mass is 16.3. The fourth-order valence-corrected chi connectivity index (χ4v) is 2.26. The van der Waals surface area contributed by atoms with Crippen molar-refractivity contribution < 1.29 is 9.90 Å². The molecule has 7 heteroatoms. The number of aliphatic hydroxyl groups is 1. The zero-order chi connectivity index (χ0) is 16.8. The number of fused-ring (bicyclic) bond motifs is 1. The Bertz CT molecular complexity index is 727. The number of amides is 1. The second-order valence-corrected chi connectivity index (χ2v) is 5.84. The van der Waals surface area contributed by atoms with Crippen molar-refractivity contribution in [1.82, 2.24) is 20.3 Å². The van der Waals surface area contributed by atoms with Crippen LogP contribution in [0.2, 0.25) is 0 Å². The molecule has 0 bridgehead atoms. The molecule has 0 saturated heterocycles. The molecule has 0 fully saturated rings. The van der Waals surface area contributed by atoms with Gasteiger partial charge in [0.25, 0.3) is 5.56 Å². The second-order valence-electron chi connectivity index (χ2n) is 5.84. The minimum absolute atomic E-state index is 0.0843. The first-order chi connectivity index (χ1) is 11.0. The van der Waals surface area contributed by atoms with Crippen molar-refractivity contribution in [3.63, 3.8) is 0 Å². The van der Waals surface area contributed by atoms with Gasteiger partial charge in [-0.05, 0) is 24.5 Å². The van der Waals surface area contributed by atoms with Gasteiger partial charge in [-0.25, -0.2) is 4.68 Å². The summed E-state index contributed by atoms with van der Waals surface area (Å²) in [7, 11) is 0. The summed E-state index contributed by atoms with van der Waals surface area (Å²) >= 11 is 0. The van der Waals surface area contributed by atoms with Gasteiger partial charge in [0.2, 0.25) is 5.91 Å². The molecule has 2 rings (SSSR count). The van der Waals surface area contributed by atoms with Gasteiger partial charge < -0.3 is 10.4 Å². The van der Waals surface area contributed by atoms with E-state index in [1.165, 1.54) is 4.68 Å². The predicted molar refractivity (Wildman–Crippen MR) is 86.9 cm³/mol. The molecule has 0 aliphatic rings. The van der Waals surface area contributed by atoms with Crippen molar-refractivity contribution in [1.29, 1.82) is 0 Å². The van der Waals surface area contributed by atoms with Crippen LogP contribution in [0.3, 0.4) is 0 Å². The molecule has 0 radical (unpaired) electrons. The third-order valence-electron chi connectivity index (χ3n) is 3.75. The Kier molecular flexibility index (Phi) is 5.81. The first kappa shape index (κ1) is 17.1. The van der Waals surface area contributed by atoms with Crippen LogP contribution in [-0.2, 0) is 11.3 Å². The number of nitrogens with zero attached hydrogens (tertiary/aromatic N) is 3. The van der Waals surface area contributed by atoms with Gasteiger partial charge in [-0.1, -0.05) is 31.2 Å². The molecule has 1 heterocycles. The SMILES string of the molecule is CC(C)[C@H](CO)NC(=O)CCCn1nnc2ccccc2c1=O. The number of carbonyl (C=O) groups is 1. The molecular weight excluding hydrogens is 296 g/mol. The lowest BCUT2D eigenvalue weighted by Gasteiger charge is -2.19. The molecule has 1 aromatic carbocycles. The van der Waals surface area contributed by atoms with Gasteiger partial charge in [0.1, 0.15) is 5.52 Å². The summed E-state index contributed by atoms with van der Waals surface area (Å²) in [4.78, 5) is 24.1. The Hall–Kier alpha value is -2.28. The molecule has 23 heavy (non-hydrogen) atoms. The van der Waals surface area contributed by atoms with Crippen molar-refractivity contribution in [2.75, 3.05) is 6.61 Å². The summed E-state index contributed by atoms with van der Waals surface area (Å²) in [6.07, 6.45) is 0.749. The van der Waals surface area contributed by atoms with Gasteiger partial charge >= 0.3 is 0 Å². The Morgan fingerprint density at radius 1 is 1.35 bits per heavy atom. The van der Waals surface area contributed by atoms with Crippen LogP contribution in [0.1, 0.15) is 26.7 Å². The average molecular weight is 318 g/mol. The van der Waals surface area contributed by atoms with E-state index in [1.807, 2.05) is 13.8 Å². The Balaban J connectivity index is 1.93. The number of aliphatic hydroxyl groups excluding tert-OH is 1. The predicted octanol–water partition coefficient (Wildman–Crippen LogP) is 0.705. The Labute approximate surface area is 134 Å². The third kappa shape index (κ3) is 4.35.